The number of thiazole rings is 1. The molecule has 0 saturated carbocycles. The highest BCUT2D eigenvalue weighted by atomic mass is 32.1. The van der Waals surface area contributed by atoms with Crippen LogP contribution in [0.15, 0.2) is 29.1 Å². The molecule has 3 rings (SSSR count). The molecule has 0 atom stereocenters. The molecular formula is C13H11N3O2S. The number of anilines is 1. The van der Waals surface area contributed by atoms with Crippen molar-refractivity contribution < 1.29 is 9.59 Å². The Bertz CT molecular complexity index is 652. The molecule has 1 aliphatic heterocycles. The van der Waals surface area contributed by atoms with Crippen molar-refractivity contribution in [2.75, 3.05) is 12.3 Å². The predicted octanol–water partition coefficient (Wildman–Crippen LogP) is 1.56. The van der Waals surface area contributed by atoms with E-state index in [1.807, 2.05) is 5.38 Å². The Morgan fingerprint density at radius 1 is 1.21 bits per heavy atom. The first-order chi connectivity index (χ1) is 9.16. The van der Waals surface area contributed by atoms with Crippen molar-refractivity contribution in [1.29, 1.82) is 0 Å². The Balaban J connectivity index is 1.82. The summed E-state index contributed by atoms with van der Waals surface area (Å²) in [6.07, 6.45) is 0.574. The van der Waals surface area contributed by atoms with E-state index in [2.05, 4.69) is 4.98 Å². The highest BCUT2D eigenvalue weighted by Gasteiger charge is 2.35. The van der Waals surface area contributed by atoms with Gasteiger partial charge in [-0.3, -0.25) is 14.5 Å². The highest BCUT2D eigenvalue weighted by Crippen LogP contribution is 2.24. The molecule has 0 fully saturated rings. The van der Waals surface area contributed by atoms with Crippen LogP contribution in [0.2, 0.25) is 0 Å². The summed E-state index contributed by atoms with van der Waals surface area (Å²) in [7, 11) is 0. The van der Waals surface area contributed by atoms with Crippen molar-refractivity contribution in [2.24, 2.45) is 0 Å². The summed E-state index contributed by atoms with van der Waals surface area (Å²) in [6, 6.07) is 4.79. The fourth-order valence-corrected chi connectivity index (χ4v) is 2.69. The van der Waals surface area contributed by atoms with E-state index in [1.54, 1.807) is 23.7 Å². The number of hydrogen-bond donors (Lipinski definition) is 1. The van der Waals surface area contributed by atoms with Crippen molar-refractivity contribution in [3.8, 4) is 0 Å². The molecule has 2 N–H and O–H groups in total. The summed E-state index contributed by atoms with van der Waals surface area (Å²) in [5.41, 5.74) is 9.58. The number of fused-ring (bicyclic) bond motifs is 1. The number of nitrogen functional groups attached to an aromatic ring is 1. The van der Waals surface area contributed by atoms with Crippen molar-refractivity contribution >= 4 is 28.8 Å². The molecule has 2 aromatic rings. The Labute approximate surface area is 113 Å². The van der Waals surface area contributed by atoms with Gasteiger partial charge in [-0.15, -0.1) is 11.3 Å². The van der Waals surface area contributed by atoms with Crippen LogP contribution < -0.4 is 5.73 Å². The molecule has 2 amide bonds. The van der Waals surface area contributed by atoms with Gasteiger partial charge in [0, 0.05) is 24.0 Å². The van der Waals surface area contributed by atoms with E-state index < -0.39 is 0 Å². The summed E-state index contributed by atoms with van der Waals surface area (Å²) < 4.78 is 0. The molecule has 1 aromatic heterocycles. The van der Waals surface area contributed by atoms with Crippen LogP contribution in [-0.4, -0.2) is 28.2 Å². The van der Waals surface area contributed by atoms with E-state index in [0.29, 0.717) is 29.8 Å². The van der Waals surface area contributed by atoms with Crippen LogP contribution in [0.4, 0.5) is 5.69 Å². The molecule has 1 aromatic carbocycles. The molecule has 0 spiro atoms. The highest BCUT2D eigenvalue weighted by molar-refractivity contribution is 7.07. The third-order valence-electron chi connectivity index (χ3n) is 3.07. The smallest absolute Gasteiger partial charge is 0.261 e. The lowest BCUT2D eigenvalue weighted by Gasteiger charge is -2.12. The Morgan fingerprint density at radius 3 is 2.74 bits per heavy atom. The van der Waals surface area contributed by atoms with Gasteiger partial charge in [-0.05, 0) is 18.2 Å². The van der Waals surface area contributed by atoms with Gasteiger partial charge in [0.25, 0.3) is 11.8 Å². The molecule has 96 valence electrons. The second kappa shape index (κ2) is 4.47. The third kappa shape index (κ3) is 2.00. The number of hydrogen-bond acceptors (Lipinski definition) is 5. The minimum Gasteiger partial charge on any atom is -0.399 e. The van der Waals surface area contributed by atoms with Crippen LogP contribution in [0.3, 0.4) is 0 Å². The number of carbonyl (C=O) groups is 2. The number of carbonyl (C=O) groups excluding carboxylic acids is 2. The summed E-state index contributed by atoms with van der Waals surface area (Å²) in [5, 5.41) is 1.91. The van der Waals surface area contributed by atoms with E-state index in [0.717, 1.165) is 5.69 Å². The van der Waals surface area contributed by atoms with Gasteiger partial charge < -0.3 is 5.73 Å². The lowest BCUT2D eigenvalue weighted by atomic mass is 10.1. The maximum Gasteiger partial charge on any atom is 0.261 e. The van der Waals surface area contributed by atoms with Gasteiger partial charge in [0.2, 0.25) is 0 Å². The van der Waals surface area contributed by atoms with Crippen molar-refractivity contribution in [3.05, 3.63) is 45.9 Å². The molecule has 0 unspecified atom stereocenters. The van der Waals surface area contributed by atoms with E-state index in [9.17, 15) is 9.59 Å². The molecule has 0 aliphatic carbocycles. The minimum atomic E-state index is -0.275. The number of benzene rings is 1. The van der Waals surface area contributed by atoms with Gasteiger partial charge in [-0.25, -0.2) is 4.98 Å². The number of aromatic nitrogens is 1. The summed E-state index contributed by atoms with van der Waals surface area (Å²) >= 11 is 1.50. The third-order valence-corrected chi connectivity index (χ3v) is 3.71. The molecule has 0 radical (unpaired) electrons. The minimum absolute atomic E-state index is 0.254. The molecule has 2 heterocycles. The number of nitrogens with two attached hydrogens (primary N) is 1. The van der Waals surface area contributed by atoms with Crippen molar-refractivity contribution in [3.63, 3.8) is 0 Å². The maximum absolute atomic E-state index is 12.2. The van der Waals surface area contributed by atoms with Crippen molar-refractivity contribution in [2.45, 2.75) is 6.42 Å². The van der Waals surface area contributed by atoms with E-state index >= 15 is 0 Å². The first kappa shape index (κ1) is 11.9. The van der Waals surface area contributed by atoms with Crippen LogP contribution in [0, 0.1) is 0 Å². The molecule has 5 nitrogen and oxygen atoms in total. The molecule has 0 saturated heterocycles. The summed E-state index contributed by atoms with van der Waals surface area (Å²) in [5.74, 6) is -0.530. The molecule has 19 heavy (non-hydrogen) atoms. The second-order valence-corrected chi connectivity index (χ2v) is 5.02. The number of rotatable bonds is 3. The molecular weight excluding hydrogens is 262 g/mol. The standard InChI is InChI=1S/C13H11N3O2S/c14-8-1-2-10-11(5-8)13(18)16(12(10)17)4-3-9-6-19-7-15-9/h1-2,5-7H,3-4,14H2. The Morgan fingerprint density at radius 2 is 2.00 bits per heavy atom. The van der Waals surface area contributed by atoms with Crippen LogP contribution >= 0.6 is 11.3 Å². The normalized spacial score (nSPS) is 14.0. The zero-order valence-electron chi connectivity index (χ0n) is 10.00. The first-order valence-electron chi connectivity index (χ1n) is 5.79. The summed E-state index contributed by atoms with van der Waals surface area (Å²) in [4.78, 5) is 29.7. The molecule has 1 aliphatic rings. The number of imide groups is 1. The lowest BCUT2D eigenvalue weighted by Crippen LogP contribution is -2.31. The lowest BCUT2D eigenvalue weighted by molar-refractivity contribution is 0.0656. The van der Waals surface area contributed by atoms with Gasteiger partial charge in [0.15, 0.2) is 0 Å². The van der Waals surface area contributed by atoms with E-state index in [-0.39, 0.29) is 11.8 Å². The SMILES string of the molecule is Nc1ccc2c(c1)C(=O)N(CCc1cscn1)C2=O. The van der Waals surface area contributed by atoms with Gasteiger partial charge in [-0.2, -0.15) is 0 Å². The predicted molar refractivity (Wildman–Crippen MR) is 72.0 cm³/mol. The number of nitrogens with zero attached hydrogens (tertiary/aromatic N) is 2. The fraction of sp³-hybridized carbons (Fsp3) is 0.154. The zero-order valence-corrected chi connectivity index (χ0v) is 10.8. The number of amides is 2. The average Bonchev–Trinajstić information content (AvgIpc) is 2.98. The van der Waals surface area contributed by atoms with Gasteiger partial charge in [-0.1, -0.05) is 0 Å². The van der Waals surface area contributed by atoms with Gasteiger partial charge in [0.1, 0.15) is 0 Å². The topological polar surface area (TPSA) is 76.3 Å². The van der Waals surface area contributed by atoms with Crippen LogP contribution in [-0.2, 0) is 6.42 Å². The van der Waals surface area contributed by atoms with Crippen LogP contribution in [0.5, 0.6) is 0 Å². The van der Waals surface area contributed by atoms with E-state index in [4.69, 9.17) is 5.73 Å². The maximum atomic E-state index is 12.2. The van der Waals surface area contributed by atoms with Crippen LogP contribution in [0.25, 0.3) is 0 Å². The van der Waals surface area contributed by atoms with Gasteiger partial charge >= 0.3 is 0 Å². The first-order valence-corrected chi connectivity index (χ1v) is 6.74. The molecule has 6 heteroatoms. The molecule has 0 bridgehead atoms. The Hall–Kier alpha value is -2.21. The van der Waals surface area contributed by atoms with Gasteiger partial charge in [0.05, 0.1) is 22.3 Å². The summed E-state index contributed by atoms with van der Waals surface area (Å²) in [6.45, 7) is 0.343. The fourth-order valence-electron chi connectivity index (χ4n) is 2.10. The van der Waals surface area contributed by atoms with Crippen LogP contribution in [0.1, 0.15) is 26.4 Å². The monoisotopic (exact) mass is 273 g/mol. The average molecular weight is 273 g/mol. The largest absolute Gasteiger partial charge is 0.399 e. The second-order valence-electron chi connectivity index (χ2n) is 4.30. The van der Waals surface area contributed by atoms with Crippen molar-refractivity contribution in [1.82, 2.24) is 9.88 Å². The quantitative estimate of drug-likeness (QED) is 0.680. The Kier molecular flexibility index (Phi) is 2.79. The zero-order chi connectivity index (χ0) is 13.4. The van der Waals surface area contributed by atoms with E-state index in [1.165, 1.54) is 16.2 Å².